The molecule has 0 amide bonds. The van der Waals surface area contributed by atoms with Crippen molar-refractivity contribution in [3.8, 4) is 23.1 Å². The molecule has 0 bridgehead atoms. The molecule has 1 heterocycles. The first-order valence-electron chi connectivity index (χ1n) is 7.16. The highest BCUT2D eigenvalue weighted by atomic mass is 35.5. The van der Waals surface area contributed by atoms with Crippen LogP contribution in [-0.4, -0.2) is 11.6 Å². The lowest BCUT2D eigenvalue weighted by Crippen LogP contribution is -2.08. The van der Waals surface area contributed by atoms with Crippen LogP contribution in [0.15, 0.2) is 18.2 Å². The van der Waals surface area contributed by atoms with Crippen LogP contribution in [0.5, 0.6) is 5.75 Å². The monoisotopic (exact) mass is 334 g/mol. The van der Waals surface area contributed by atoms with E-state index in [1.54, 1.807) is 6.07 Å². The van der Waals surface area contributed by atoms with Crippen molar-refractivity contribution in [2.75, 3.05) is 6.61 Å². The molecule has 0 atom stereocenters. The number of hydrogen-bond acceptors (Lipinski definition) is 4. The predicted molar refractivity (Wildman–Crippen MR) is 91.6 cm³/mol. The Kier molecular flexibility index (Phi) is 5.10. The van der Waals surface area contributed by atoms with Crippen molar-refractivity contribution in [2.24, 2.45) is 5.41 Å². The van der Waals surface area contributed by atoms with E-state index in [0.29, 0.717) is 22.4 Å². The molecule has 0 fully saturated rings. The van der Waals surface area contributed by atoms with Gasteiger partial charge in [0.1, 0.15) is 11.8 Å². The SMILES string of the molecule is CCOc1cc(-c2nc(Cl)sc2CC(C)(C)C)ccc1C#N. The topological polar surface area (TPSA) is 45.9 Å². The van der Waals surface area contributed by atoms with Crippen LogP contribution in [0.4, 0.5) is 0 Å². The Balaban J connectivity index is 2.48. The normalized spacial score (nSPS) is 11.3. The molecule has 1 aromatic heterocycles. The smallest absolute Gasteiger partial charge is 0.184 e. The van der Waals surface area contributed by atoms with E-state index in [9.17, 15) is 0 Å². The third-order valence-electron chi connectivity index (χ3n) is 3.04. The zero-order valence-corrected chi connectivity index (χ0v) is 14.8. The van der Waals surface area contributed by atoms with Crippen molar-refractivity contribution in [2.45, 2.75) is 34.1 Å². The Labute approximate surface area is 140 Å². The third-order valence-corrected chi connectivity index (χ3v) is 4.20. The number of aromatic nitrogens is 1. The molecule has 0 radical (unpaired) electrons. The summed E-state index contributed by atoms with van der Waals surface area (Å²) >= 11 is 7.64. The molecule has 0 aliphatic heterocycles. The van der Waals surface area contributed by atoms with E-state index in [2.05, 4.69) is 31.8 Å². The van der Waals surface area contributed by atoms with Crippen LogP contribution in [0.1, 0.15) is 38.1 Å². The number of hydrogen-bond donors (Lipinski definition) is 0. The number of nitrogens with zero attached hydrogens (tertiary/aromatic N) is 2. The third kappa shape index (κ3) is 4.00. The van der Waals surface area contributed by atoms with Crippen molar-refractivity contribution >= 4 is 22.9 Å². The van der Waals surface area contributed by atoms with E-state index in [1.807, 2.05) is 19.1 Å². The molecule has 116 valence electrons. The molecular weight excluding hydrogens is 316 g/mol. The molecule has 3 nitrogen and oxygen atoms in total. The van der Waals surface area contributed by atoms with Gasteiger partial charge in [-0.1, -0.05) is 38.4 Å². The number of rotatable bonds is 4. The van der Waals surface area contributed by atoms with E-state index >= 15 is 0 Å². The maximum Gasteiger partial charge on any atom is 0.184 e. The highest BCUT2D eigenvalue weighted by molar-refractivity contribution is 7.16. The Morgan fingerprint density at radius 3 is 2.68 bits per heavy atom. The van der Waals surface area contributed by atoms with Crippen LogP contribution in [0, 0.1) is 16.7 Å². The van der Waals surface area contributed by atoms with Crippen LogP contribution in [-0.2, 0) is 6.42 Å². The largest absolute Gasteiger partial charge is 0.492 e. The molecule has 22 heavy (non-hydrogen) atoms. The molecule has 2 rings (SSSR count). The van der Waals surface area contributed by atoms with E-state index < -0.39 is 0 Å². The number of halogens is 1. The highest BCUT2D eigenvalue weighted by Gasteiger charge is 2.20. The van der Waals surface area contributed by atoms with Gasteiger partial charge in [0.25, 0.3) is 0 Å². The minimum absolute atomic E-state index is 0.153. The second-order valence-electron chi connectivity index (χ2n) is 6.23. The van der Waals surface area contributed by atoms with Crippen LogP contribution in [0.2, 0.25) is 4.47 Å². The first-order chi connectivity index (χ1) is 10.3. The molecule has 5 heteroatoms. The van der Waals surface area contributed by atoms with Crippen LogP contribution in [0.25, 0.3) is 11.3 Å². The number of benzene rings is 1. The van der Waals surface area contributed by atoms with Gasteiger partial charge in [0.15, 0.2) is 4.47 Å². The van der Waals surface area contributed by atoms with Gasteiger partial charge in [0, 0.05) is 10.4 Å². The molecule has 0 aliphatic rings. The Bertz CT molecular complexity index is 710. The lowest BCUT2D eigenvalue weighted by atomic mass is 9.90. The quantitative estimate of drug-likeness (QED) is 0.759. The van der Waals surface area contributed by atoms with Gasteiger partial charge in [-0.3, -0.25) is 0 Å². The average molecular weight is 335 g/mol. The van der Waals surface area contributed by atoms with Gasteiger partial charge < -0.3 is 4.74 Å². The maximum absolute atomic E-state index is 9.15. The van der Waals surface area contributed by atoms with Gasteiger partial charge in [-0.15, -0.1) is 11.3 Å². The summed E-state index contributed by atoms with van der Waals surface area (Å²) in [6.45, 7) is 8.99. The van der Waals surface area contributed by atoms with Gasteiger partial charge in [-0.05, 0) is 30.9 Å². The summed E-state index contributed by atoms with van der Waals surface area (Å²) < 4.78 is 6.10. The van der Waals surface area contributed by atoms with Crippen molar-refractivity contribution in [3.63, 3.8) is 0 Å². The maximum atomic E-state index is 9.15. The number of thiazole rings is 1. The van der Waals surface area contributed by atoms with Gasteiger partial charge in [-0.2, -0.15) is 5.26 Å². The minimum atomic E-state index is 0.153. The molecule has 0 saturated heterocycles. The van der Waals surface area contributed by atoms with E-state index in [1.165, 1.54) is 11.3 Å². The zero-order valence-electron chi connectivity index (χ0n) is 13.2. The fraction of sp³-hybridized carbons (Fsp3) is 0.412. The molecule has 0 N–H and O–H groups in total. The second-order valence-corrected chi connectivity index (χ2v) is 7.90. The van der Waals surface area contributed by atoms with Crippen LogP contribution in [0.3, 0.4) is 0 Å². The standard InChI is InChI=1S/C17H19ClN2OS/c1-5-21-13-8-11(6-7-12(13)10-19)15-14(9-17(2,3)4)22-16(18)20-15/h6-8H,5,9H2,1-4H3. The molecule has 0 spiro atoms. The fourth-order valence-electron chi connectivity index (χ4n) is 2.19. The van der Waals surface area contributed by atoms with Crippen molar-refractivity contribution in [1.82, 2.24) is 4.98 Å². The molecule has 0 aliphatic carbocycles. The number of nitriles is 1. The van der Waals surface area contributed by atoms with Gasteiger partial charge >= 0.3 is 0 Å². The average Bonchev–Trinajstić information content (AvgIpc) is 2.77. The van der Waals surface area contributed by atoms with E-state index in [4.69, 9.17) is 21.6 Å². The van der Waals surface area contributed by atoms with E-state index in [0.717, 1.165) is 22.6 Å². The zero-order chi connectivity index (χ0) is 16.3. The summed E-state index contributed by atoms with van der Waals surface area (Å²) in [5, 5.41) is 9.15. The highest BCUT2D eigenvalue weighted by Crippen LogP contribution is 2.37. The van der Waals surface area contributed by atoms with Crippen LogP contribution < -0.4 is 4.74 Å². The van der Waals surface area contributed by atoms with Gasteiger partial charge in [-0.25, -0.2) is 4.98 Å². The minimum Gasteiger partial charge on any atom is -0.492 e. The first-order valence-corrected chi connectivity index (χ1v) is 8.36. The molecule has 0 unspecified atom stereocenters. The Hall–Kier alpha value is -1.57. The Morgan fingerprint density at radius 2 is 2.09 bits per heavy atom. The summed E-state index contributed by atoms with van der Waals surface area (Å²) in [6, 6.07) is 7.70. The summed E-state index contributed by atoms with van der Waals surface area (Å²) in [4.78, 5) is 5.62. The first kappa shape index (κ1) is 16.8. The molecule has 1 aromatic carbocycles. The van der Waals surface area contributed by atoms with Gasteiger partial charge in [0.05, 0.1) is 17.9 Å². The van der Waals surface area contributed by atoms with Crippen molar-refractivity contribution < 1.29 is 4.74 Å². The second kappa shape index (κ2) is 6.68. The van der Waals surface area contributed by atoms with Crippen molar-refractivity contribution in [1.29, 1.82) is 5.26 Å². The summed E-state index contributed by atoms with van der Waals surface area (Å²) in [5.41, 5.74) is 2.50. The summed E-state index contributed by atoms with van der Waals surface area (Å²) in [6.07, 6.45) is 0.899. The van der Waals surface area contributed by atoms with Gasteiger partial charge in [0.2, 0.25) is 0 Å². The molecular formula is C17H19ClN2OS. The Morgan fingerprint density at radius 1 is 1.36 bits per heavy atom. The lowest BCUT2D eigenvalue weighted by Gasteiger charge is -2.17. The van der Waals surface area contributed by atoms with E-state index in [-0.39, 0.29) is 5.41 Å². The number of ether oxygens (including phenoxy) is 1. The fourth-order valence-corrected chi connectivity index (χ4v) is 3.66. The van der Waals surface area contributed by atoms with Crippen LogP contribution >= 0.6 is 22.9 Å². The molecule has 2 aromatic rings. The predicted octanol–water partition coefficient (Wildman–Crippen LogP) is 5.32. The molecule has 0 saturated carbocycles. The summed E-state index contributed by atoms with van der Waals surface area (Å²) in [5.74, 6) is 0.591. The summed E-state index contributed by atoms with van der Waals surface area (Å²) in [7, 11) is 0. The lowest BCUT2D eigenvalue weighted by molar-refractivity contribution is 0.339. The van der Waals surface area contributed by atoms with Crippen molar-refractivity contribution in [3.05, 3.63) is 33.1 Å².